The van der Waals surface area contributed by atoms with Gasteiger partial charge in [-0.1, -0.05) is 60.7 Å². The number of hydrogen-bond acceptors (Lipinski definition) is 3. The minimum Gasteiger partial charge on any atom is -0.348 e. The van der Waals surface area contributed by atoms with Gasteiger partial charge in [-0.05, 0) is 30.0 Å². The van der Waals surface area contributed by atoms with Crippen LogP contribution in [0.2, 0.25) is 0 Å². The van der Waals surface area contributed by atoms with Crippen LogP contribution in [0.15, 0.2) is 66.7 Å². The Kier molecular flexibility index (Phi) is 5.53. The fourth-order valence-electron chi connectivity index (χ4n) is 3.79. The van der Waals surface area contributed by atoms with Crippen LogP contribution in [0.3, 0.4) is 0 Å². The van der Waals surface area contributed by atoms with E-state index in [0.29, 0.717) is 5.69 Å². The van der Waals surface area contributed by atoms with Crippen LogP contribution in [0.1, 0.15) is 28.9 Å². The van der Waals surface area contributed by atoms with E-state index in [1.807, 2.05) is 49.5 Å². The van der Waals surface area contributed by atoms with E-state index < -0.39 is 0 Å². The molecular formula is C23H26N4O. The Hall–Kier alpha value is -2.92. The first-order valence-corrected chi connectivity index (χ1v) is 9.85. The van der Waals surface area contributed by atoms with Crippen molar-refractivity contribution >= 4 is 5.91 Å². The lowest BCUT2D eigenvalue weighted by Gasteiger charge is -2.32. The first kappa shape index (κ1) is 18.4. The zero-order valence-electron chi connectivity index (χ0n) is 16.2. The Morgan fingerprint density at radius 3 is 2.36 bits per heavy atom. The van der Waals surface area contributed by atoms with Crippen LogP contribution in [0.5, 0.6) is 0 Å². The molecule has 4 rings (SSSR count). The molecule has 0 unspecified atom stereocenters. The summed E-state index contributed by atoms with van der Waals surface area (Å²) < 4.78 is 1.77. The van der Waals surface area contributed by atoms with E-state index in [9.17, 15) is 4.79 Å². The number of carbonyl (C=O) groups excluding carboxylic acids is 1. The average molecular weight is 374 g/mol. The number of benzene rings is 2. The van der Waals surface area contributed by atoms with E-state index in [1.54, 1.807) is 4.68 Å². The number of piperidine rings is 1. The molecule has 0 aliphatic carbocycles. The molecule has 5 nitrogen and oxygen atoms in total. The van der Waals surface area contributed by atoms with Crippen LogP contribution in [0.4, 0.5) is 0 Å². The molecule has 1 saturated heterocycles. The third kappa shape index (κ3) is 4.31. The lowest BCUT2D eigenvalue weighted by atomic mass is 10.0. The molecule has 28 heavy (non-hydrogen) atoms. The molecule has 0 radical (unpaired) electrons. The number of nitrogens with zero attached hydrogens (tertiary/aromatic N) is 3. The van der Waals surface area contributed by atoms with Gasteiger partial charge in [0.05, 0.1) is 5.69 Å². The molecule has 1 aliphatic rings. The van der Waals surface area contributed by atoms with Crippen molar-refractivity contribution in [3.8, 4) is 11.3 Å². The van der Waals surface area contributed by atoms with Crippen molar-refractivity contribution in [2.24, 2.45) is 7.05 Å². The van der Waals surface area contributed by atoms with Crippen molar-refractivity contribution in [2.75, 3.05) is 13.1 Å². The fraction of sp³-hybridized carbons (Fsp3) is 0.304. The summed E-state index contributed by atoms with van der Waals surface area (Å²) in [7, 11) is 1.88. The molecule has 0 spiro atoms. The summed E-state index contributed by atoms with van der Waals surface area (Å²) in [6.07, 6.45) is 1.94. The zero-order chi connectivity index (χ0) is 19.3. The second-order valence-corrected chi connectivity index (χ2v) is 7.41. The minimum absolute atomic E-state index is 0.0840. The maximum atomic E-state index is 12.7. The van der Waals surface area contributed by atoms with Gasteiger partial charge in [-0.2, -0.15) is 5.10 Å². The second-order valence-electron chi connectivity index (χ2n) is 7.41. The second kappa shape index (κ2) is 8.40. The van der Waals surface area contributed by atoms with Crippen molar-refractivity contribution in [1.82, 2.24) is 20.0 Å². The van der Waals surface area contributed by atoms with Crippen molar-refractivity contribution in [1.29, 1.82) is 0 Å². The van der Waals surface area contributed by atoms with E-state index in [0.717, 1.165) is 43.7 Å². The summed E-state index contributed by atoms with van der Waals surface area (Å²) in [5.74, 6) is -0.0840. The zero-order valence-corrected chi connectivity index (χ0v) is 16.2. The molecule has 0 atom stereocenters. The Labute approximate surface area is 166 Å². The smallest absolute Gasteiger partial charge is 0.272 e. The molecule has 1 N–H and O–H groups in total. The first-order valence-electron chi connectivity index (χ1n) is 9.85. The molecule has 1 aromatic heterocycles. The van der Waals surface area contributed by atoms with Gasteiger partial charge in [0.25, 0.3) is 5.91 Å². The molecule has 1 fully saturated rings. The highest BCUT2D eigenvalue weighted by Gasteiger charge is 2.22. The highest BCUT2D eigenvalue weighted by molar-refractivity contribution is 5.93. The van der Waals surface area contributed by atoms with E-state index in [2.05, 4.69) is 39.6 Å². The van der Waals surface area contributed by atoms with Gasteiger partial charge < -0.3 is 5.32 Å². The number of carbonyl (C=O) groups is 1. The topological polar surface area (TPSA) is 50.2 Å². The number of likely N-dealkylation sites (tertiary alicyclic amines) is 1. The molecule has 0 saturated carbocycles. The average Bonchev–Trinajstić information content (AvgIpc) is 3.13. The molecule has 1 aliphatic heterocycles. The van der Waals surface area contributed by atoms with Gasteiger partial charge in [-0.25, -0.2) is 0 Å². The minimum atomic E-state index is -0.0840. The molecule has 144 valence electrons. The maximum Gasteiger partial charge on any atom is 0.272 e. The summed E-state index contributed by atoms with van der Waals surface area (Å²) in [6, 6.07) is 22.6. The molecule has 0 bridgehead atoms. The number of nitrogens with one attached hydrogen (secondary N) is 1. The third-order valence-corrected chi connectivity index (χ3v) is 5.35. The van der Waals surface area contributed by atoms with E-state index in [-0.39, 0.29) is 11.9 Å². The normalized spacial score (nSPS) is 15.5. The Morgan fingerprint density at radius 2 is 1.68 bits per heavy atom. The maximum absolute atomic E-state index is 12.7. The van der Waals surface area contributed by atoms with Crippen LogP contribution in [-0.4, -0.2) is 39.7 Å². The SMILES string of the molecule is Cn1nc(C(=O)NC2CCN(Cc3ccccc3)CC2)cc1-c1ccccc1. The number of aromatic nitrogens is 2. The lowest BCUT2D eigenvalue weighted by molar-refractivity contribution is 0.0903. The highest BCUT2D eigenvalue weighted by atomic mass is 16.2. The lowest BCUT2D eigenvalue weighted by Crippen LogP contribution is -2.44. The Morgan fingerprint density at radius 1 is 1.04 bits per heavy atom. The van der Waals surface area contributed by atoms with Crippen LogP contribution in [-0.2, 0) is 13.6 Å². The number of aryl methyl sites for hydroxylation is 1. The number of hydrogen-bond donors (Lipinski definition) is 1. The molecular weight excluding hydrogens is 348 g/mol. The molecule has 2 aromatic carbocycles. The van der Waals surface area contributed by atoms with Crippen molar-refractivity contribution in [3.05, 3.63) is 78.0 Å². The number of amides is 1. The van der Waals surface area contributed by atoms with E-state index in [4.69, 9.17) is 0 Å². The van der Waals surface area contributed by atoms with Gasteiger partial charge in [0.15, 0.2) is 5.69 Å². The van der Waals surface area contributed by atoms with Gasteiger partial charge in [0, 0.05) is 32.7 Å². The summed E-state index contributed by atoms with van der Waals surface area (Å²) in [4.78, 5) is 15.1. The third-order valence-electron chi connectivity index (χ3n) is 5.35. The van der Waals surface area contributed by atoms with Crippen molar-refractivity contribution in [2.45, 2.75) is 25.4 Å². The summed E-state index contributed by atoms with van der Waals surface area (Å²) in [5.41, 5.74) is 3.83. The van der Waals surface area contributed by atoms with Gasteiger partial charge in [-0.15, -0.1) is 0 Å². The summed E-state index contributed by atoms with van der Waals surface area (Å²) in [6.45, 7) is 2.97. The Balaban J connectivity index is 1.33. The monoisotopic (exact) mass is 374 g/mol. The summed E-state index contributed by atoms with van der Waals surface area (Å²) >= 11 is 0. The van der Waals surface area contributed by atoms with Crippen LogP contribution >= 0.6 is 0 Å². The predicted molar refractivity (Wildman–Crippen MR) is 111 cm³/mol. The van der Waals surface area contributed by atoms with Crippen LogP contribution in [0, 0.1) is 0 Å². The van der Waals surface area contributed by atoms with Gasteiger partial charge >= 0.3 is 0 Å². The quantitative estimate of drug-likeness (QED) is 0.744. The summed E-state index contributed by atoms with van der Waals surface area (Å²) in [5, 5.41) is 7.59. The van der Waals surface area contributed by atoms with Gasteiger partial charge in [-0.3, -0.25) is 14.4 Å². The van der Waals surface area contributed by atoms with Crippen molar-refractivity contribution in [3.63, 3.8) is 0 Å². The standard InChI is InChI=1S/C23H26N4O/c1-26-22(19-10-6-3-7-11-19)16-21(25-26)23(28)24-20-12-14-27(15-13-20)17-18-8-4-2-5-9-18/h2-11,16,20H,12-15,17H2,1H3,(H,24,28). The van der Waals surface area contributed by atoms with E-state index >= 15 is 0 Å². The van der Waals surface area contributed by atoms with Crippen molar-refractivity contribution < 1.29 is 4.79 Å². The largest absolute Gasteiger partial charge is 0.348 e. The molecule has 2 heterocycles. The predicted octanol–water partition coefficient (Wildman–Crippen LogP) is 3.48. The molecule has 1 amide bonds. The van der Waals surface area contributed by atoms with Gasteiger partial charge in [0.1, 0.15) is 0 Å². The highest BCUT2D eigenvalue weighted by Crippen LogP contribution is 2.20. The van der Waals surface area contributed by atoms with Crippen LogP contribution < -0.4 is 5.32 Å². The van der Waals surface area contributed by atoms with Crippen LogP contribution in [0.25, 0.3) is 11.3 Å². The molecule has 5 heteroatoms. The molecule has 3 aromatic rings. The Bertz CT molecular complexity index is 912. The fourth-order valence-corrected chi connectivity index (χ4v) is 3.79. The first-order chi connectivity index (χ1) is 13.7. The number of rotatable bonds is 5. The van der Waals surface area contributed by atoms with Gasteiger partial charge in [0.2, 0.25) is 0 Å². The van der Waals surface area contributed by atoms with E-state index in [1.165, 1.54) is 5.56 Å².